The van der Waals surface area contributed by atoms with Crippen molar-refractivity contribution in [2.45, 2.75) is 6.36 Å². The van der Waals surface area contributed by atoms with Crippen molar-refractivity contribution >= 4 is 50.9 Å². The van der Waals surface area contributed by atoms with E-state index in [-0.39, 0.29) is 3.70 Å². The first-order valence-corrected chi connectivity index (χ1v) is 5.32. The van der Waals surface area contributed by atoms with Crippen molar-refractivity contribution in [1.29, 1.82) is 0 Å². The summed E-state index contributed by atoms with van der Waals surface area (Å²) in [7, 11) is 0. The summed E-state index contributed by atoms with van der Waals surface area (Å²) in [5.74, 6) is -0.500. The highest BCUT2D eigenvalue weighted by Gasteiger charge is 2.32. The van der Waals surface area contributed by atoms with E-state index in [9.17, 15) is 13.2 Å². The first-order valence-electron chi connectivity index (χ1n) is 3.17. The fourth-order valence-corrected chi connectivity index (χ4v) is 2.21. The lowest BCUT2D eigenvalue weighted by Gasteiger charge is -2.09. The van der Waals surface area contributed by atoms with Crippen molar-refractivity contribution in [3.8, 4) is 5.88 Å². The molecule has 1 aromatic rings. The Bertz CT molecular complexity index is 332. The van der Waals surface area contributed by atoms with E-state index in [0.29, 0.717) is 9.26 Å². The molecule has 2 N–H and O–H groups in total. The van der Waals surface area contributed by atoms with Crippen LogP contribution in [-0.4, -0.2) is 11.3 Å². The number of nitrogen functional groups attached to an aromatic ring is 1. The molecule has 14 heavy (non-hydrogen) atoms. The SMILES string of the molecule is Nc1c(I)cc(OC(F)(F)F)nc1I. The number of halogens is 5. The van der Waals surface area contributed by atoms with Crippen LogP contribution in [0.25, 0.3) is 0 Å². The summed E-state index contributed by atoms with van der Waals surface area (Å²) in [6.45, 7) is 0. The molecular formula is C6H3F3I2N2O. The summed E-state index contributed by atoms with van der Waals surface area (Å²) >= 11 is 3.55. The number of nitrogens with two attached hydrogens (primary N) is 1. The summed E-state index contributed by atoms with van der Waals surface area (Å²) in [6.07, 6.45) is -4.73. The number of pyridine rings is 1. The van der Waals surface area contributed by atoms with E-state index < -0.39 is 12.2 Å². The van der Waals surface area contributed by atoms with Crippen molar-refractivity contribution in [1.82, 2.24) is 4.98 Å². The quantitative estimate of drug-likeness (QED) is 0.551. The Balaban J connectivity index is 3.02. The van der Waals surface area contributed by atoms with Crippen LogP contribution in [-0.2, 0) is 0 Å². The summed E-state index contributed by atoms with van der Waals surface area (Å²) in [4.78, 5) is 3.53. The third-order valence-corrected chi connectivity index (χ3v) is 2.87. The molecule has 0 amide bonds. The van der Waals surface area contributed by atoms with E-state index in [0.717, 1.165) is 6.07 Å². The Hall–Kier alpha value is -0.000000000000000111. The molecule has 78 valence electrons. The molecule has 0 saturated heterocycles. The van der Waals surface area contributed by atoms with Gasteiger partial charge in [-0.2, -0.15) is 0 Å². The van der Waals surface area contributed by atoms with Crippen LogP contribution in [0.1, 0.15) is 0 Å². The van der Waals surface area contributed by atoms with Crippen molar-refractivity contribution in [3.05, 3.63) is 13.3 Å². The zero-order valence-electron chi connectivity index (χ0n) is 6.40. The second-order valence-electron chi connectivity index (χ2n) is 2.19. The van der Waals surface area contributed by atoms with Gasteiger partial charge in [-0.3, -0.25) is 0 Å². The van der Waals surface area contributed by atoms with Gasteiger partial charge >= 0.3 is 6.36 Å². The first kappa shape index (κ1) is 12.1. The molecule has 0 aromatic carbocycles. The molecule has 1 rings (SSSR count). The van der Waals surface area contributed by atoms with Gasteiger partial charge in [-0.1, -0.05) is 0 Å². The van der Waals surface area contributed by atoms with Crippen molar-refractivity contribution in [3.63, 3.8) is 0 Å². The molecule has 3 nitrogen and oxygen atoms in total. The average Bonchev–Trinajstić information content (AvgIpc) is 1.96. The van der Waals surface area contributed by atoms with E-state index in [4.69, 9.17) is 5.73 Å². The molecule has 0 spiro atoms. The molecule has 1 aromatic heterocycles. The number of alkyl halides is 3. The largest absolute Gasteiger partial charge is 0.574 e. The second-order valence-corrected chi connectivity index (χ2v) is 4.38. The zero-order valence-corrected chi connectivity index (χ0v) is 10.7. The third kappa shape index (κ3) is 3.29. The van der Waals surface area contributed by atoms with Gasteiger partial charge in [0.25, 0.3) is 0 Å². The van der Waals surface area contributed by atoms with Crippen LogP contribution in [0.5, 0.6) is 5.88 Å². The van der Waals surface area contributed by atoms with Gasteiger partial charge in [0.05, 0.1) is 5.69 Å². The van der Waals surface area contributed by atoms with Crippen LogP contribution in [0.2, 0.25) is 0 Å². The summed E-state index contributed by atoms with van der Waals surface area (Å²) < 4.78 is 39.8. The smallest absolute Gasteiger partial charge is 0.396 e. The Labute approximate surface area is 104 Å². The van der Waals surface area contributed by atoms with Crippen molar-refractivity contribution in [2.75, 3.05) is 5.73 Å². The lowest BCUT2D eigenvalue weighted by Crippen LogP contribution is -2.18. The van der Waals surface area contributed by atoms with E-state index in [1.54, 1.807) is 22.6 Å². The lowest BCUT2D eigenvalue weighted by molar-refractivity contribution is -0.276. The second kappa shape index (κ2) is 4.24. The molecule has 1 heterocycles. The number of nitrogens with zero attached hydrogens (tertiary/aromatic N) is 1. The molecule has 0 bridgehead atoms. The van der Waals surface area contributed by atoms with Gasteiger partial charge in [-0.15, -0.1) is 13.2 Å². The average molecular weight is 430 g/mol. The highest BCUT2D eigenvalue weighted by Crippen LogP contribution is 2.27. The Kier molecular flexibility index (Phi) is 3.66. The fourth-order valence-electron chi connectivity index (χ4n) is 0.645. The van der Waals surface area contributed by atoms with E-state index in [1.165, 1.54) is 0 Å². The molecule has 0 unspecified atom stereocenters. The van der Waals surface area contributed by atoms with Gasteiger partial charge in [0, 0.05) is 9.64 Å². The standard InChI is InChI=1S/C6H3F3I2N2O/c7-6(8,9)14-3-1-2(10)4(12)5(11)13-3/h1H,12H2. The van der Waals surface area contributed by atoms with E-state index in [2.05, 4.69) is 9.72 Å². The summed E-state index contributed by atoms with van der Waals surface area (Å²) in [5, 5.41) is 0. The molecular weight excluding hydrogens is 427 g/mol. The number of anilines is 1. The van der Waals surface area contributed by atoms with E-state index in [1.807, 2.05) is 22.6 Å². The van der Waals surface area contributed by atoms with Crippen LogP contribution in [0.3, 0.4) is 0 Å². The highest BCUT2D eigenvalue weighted by molar-refractivity contribution is 14.1. The first-order chi connectivity index (χ1) is 6.29. The van der Waals surface area contributed by atoms with Gasteiger partial charge in [0.2, 0.25) is 5.88 Å². The Morgan fingerprint density at radius 3 is 2.36 bits per heavy atom. The molecule has 0 aliphatic heterocycles. The van der Waals surface area contributed by atoms with Gasteiger partial charge in [0.15, 0.2) is 0 Å². The third-order valence-electron chi connectivity index (χ3n) is 1.16. The molecule has 0 radical (unpaired) electrons. The number of rotatable bonds is 1. The van der Waals surface area contributed by atoms with Crippen molar-refractivity contribution in [2.24, 2.45) is 0 Å². The molecule has 0 aliphatic carbocycles. The minimum atomic E-state index is -4.73. The highest BCUT2D eigenvalue weighted by atomic mass is 127. The van der Waals surface area contributed by atoms with Crippen LogP contribution >= 0.6 is 45.2 Å². The minimum absolute atomic E-state index is 0.286. The van der Waals surface area contributed by atoms with Gasteiger partial charge in [-0.05, 0) is 45.2 Å². The maximum absolute atomic E-state index is 11.8. The Morgan fingerprint density at radius 2 is 1.93 bits per heavy atom. The maximum atomic E-state index is 11.8. The van der Waals surface area contributed by atoms with Gasteiger partial charge in [0.1, 0.15) is 3.70 Å². The van der Waals surface area contributed by atoms with Crippen LogP contribution in [0.15, 0.2) is 6.07 Å². The molecule has 0 atom stereocenters. The number of aromatic nitrogens is 1. The molecule has 0 saturated carbocycles. The van der Waals surface area contributed by atoms with Crippen LogP contribution in [0.4, 0.5) is 18.9 Å². The number of hydrogen-bond donors (Lipinski definition) is 1. The summed E-state index contributed by atoms with van der Waals surface area (Å²) in [6, 6.07) is 1.13. The molecule has 0 aliphatic rings. The van der Waals surface area contributed by atoms with Gasteiger partial charge in [-0.25, -0.2) is 4.98 Å². The predicted octanol–water partition coefficient (Wildman–Crippen LogP) is 2.77. The fraction of sp³-hybridized carbons (Fsp3) is 0.167. The minimum Gasteiger partial charge on any atom is -0.396 e. The number of ether oxygens (including phenoxy) is 1. The Morgan fingerprint density at radius 1 is 1.36 bits per heavy atom. The summed E-state index contributed by atoms with van der Waals surface area (Å²) in [5.41, 5.74) is 5.85. The molecule has 8 heteroatoms. The van der Waals surface area contributed by atoms with Crippen LogP contribution in [0, 0.1) is 7.27 Å². The monoisotopic (exact) mass is 430 g/mol. The zero-order chi connectivity index (χ0) is 10.9. The normalized spacial score (nSPS) is 11.5. The van der Waals surface area contributed by atoms with Gasteiger partial charge < -0.3 is 10.5 Å². The van der Waals surface area contributed by atoms with Crippen molar-refractivity contribution < 1.29 is 17.9 Å². The van der Waals surface area contributed by atoms with Crippen LogP contribution < -0.4 is 10.5 Å². The van der Waals surface area contributed by atoms with E-state index >= 15 is 0 Å². The number of hydrogen-bond acceptors (Lipinski definition) is 3. The lowest BCUT2D eigenvalue weighted by atomic mass is 10.4. The predicted molar refractivity (Wildman–Crippen MR) is 60.8 cm³/mol. The molecule has 0 fully saturated rings. The maximum Gasteiger partial charge on any atom is 0.574 e. The topological polar surface area (TPSA) is 48.1 Å².